The van der Waals surface area contributed by atoms with E-state index in [1.807, 2.05) is 0 Å². The molecule has 32 heavy (non-hydrogen) atoms. The van der Waals surface area contributed by atoms with Gasteiger partial charge in [0.1, 0.15) is 17.2 Å². The maximum atomic E-state index is 13.1. The van der Waals surface area contributed by atoms with Crippen LogP contribution in [-0.2, 0) is 14.8 Å². The number of amides is 1. The Labute approximate surface area is 188 Å². The van der Waals surface area contributed by atoms with Crippen LogP contribution in [0.2, 0.25) is 0 Å². The fraction of sp³-hybridized carbons (Fsp3) is 0.409. The third kappa shape index (κ3) is 4.98. The first-order chi connectivity index (χ1) is 15.3. The molecule has 0 aromatic heterocycles. The van der Waals surface area contributed by atoms with Crippen molar-refractivity contribution in [3.8, 4) is 17.2 Å². The summed E-state index contributed by atoms with van der Waals surface area (Å²) in [7, 11) is 0.765. The number of morpholine rings is 1. The molecule has 0 aliphatic carbocycles. The molecule has 1 atom stereocenters. The third-order valence-corrected chi connectivity index (χ3v) is 7.17. The van der Waals surface area contributed by atoms with Gasteiger partial charge in [-0.05, 0) is 43.3 Å². The van der Waals surface area contributed by atoms with E-state index in [1.54, 1.807) is 39.3 Å². The molecule has 1 N–H and O–H groups in total. The predicted octanol–water partition coefficient (Wildman–Crippen LogP) is 2.22. The number of methoxy groups -OCH3 is 3. The van der Waals surface area contributed by atoms with E-state index in [1.165, 1.54) is 29.6 Å². The number of ether oxygens (including phenoxy) is 4. The first-order valence-electron chi connectivity index (χ1n) is 10.1. The van der Waals surface area contributed by atoms with Gasteiger partial charge in [0.2, 0.25) is 10.0 Å². The number of rotatable bonds is 8. The molecule has 1 saturated heterocycles. The van der Waals surface area contributed by atoms with Crippen molar-refractivity contribution < 1.29 is 32.2 Å². The summed E-state index contributed by atoms with van der Waals surface area (Å²) in [4.78, 5) is 13.2. The number of hydrogen-bond donors (Lipinski definition) is 1. The number of hydrogen-bond acceptors (Lipinski definition) is 7. The summed E-state index contributed by atoms with van der Waals surface area (Å²) in [6.45, 7) is 3.01. The zero-order valence-electron chi connectivity index (χ0n) is 18.6. The number of nitrogens with zero attached hydrogens (tertiary/aromatic N) is 1. The molecule has 0 bridgehead atoms. The van der Waals surface area contributed by atoms with Crippen LogP contribution < -0.4 is 19.5 Å². The van der Waals surface area contributed by atoms with E-state index >= 15 is 0 Å². The second-order valence-corrected chi connectivity index (χ2v) is 9.12. The highest BCUT2D eigenvalue weighted by Gasteiger charge is 2.28. The SMILES string of the molecule is COc1ccc(OC)c([C@H](C)NC(=O)c2cc(S(=O)(=O)N3CCOCC3)ccc2OC)c1. The normalized spacial score (nSPS) is 15.6. The van der Waals surface area contributed by atoms with Gasteiger partial charge >= 0.3 is 0 Å². The summed E-state index contributed by atoms with van der Waals surface area (Å²) >= 11 is 0. The largest absolute Gasteiger partial charge is 0.497 e. The fourth-order valence-electron chi connectivity index (χ4n) is 3.49. The van der Waals surface area contributed by atoms with Crippen LogP contribution in [0.15, 0.2) is 41.3 Å². The molecule has 1 aliphatic heterocycles. The molecular formula is C22H28N2O7S. The number of nitrogens with one attached hydrogen (secondary N) is 1. The minimum absolute atomic E-state index is 0.0250. The Kier molecular flexibility index (Phi) is 7.60. The molecule has 0 radical (unpaired) electrons. The van der Waals surface area contributed by atoms with Gasteiger partial charge in [-0.2, -0.15) is 4.31 Å². The van der Waals surface area contributed by atoms with Crippen molar-refractivity contribution in [2.45, 2.75) is 17.9 Å². The third-order valence-electron chi connectivity index (χ3n) is 5.27. The van der Waals surface area contributed by atoms with Crippen molar-refractivity contribution in [1.29, 1.82) is 0 Å². The van der Waals surface area contributed by atoms with E-state index in [4.69, 9.17) is 18.9 Å². The molecule has 9 nitrogen and oxygen atoms in total. The van der Waals surface area contributed by atoms with Gasteiger partial charge in [-0.3, -0.25) is 4.79 Å². The van der Waals surface area contributed by atoms with Crippen LogP contribution in [-0.4, -0.2) is 66.3 Å². The monoisotopic (exact) mass is 464 g/mol. The van der Waals surface area contributed by atoms with Gasteiger partial charge in [-0.25, -0.2) is 8.42 Å². The lowest BCUT2D eigenvalue weighted by Crippen LogP contribution is -2.40. The standard InChI is InChI=1S/C22H28N2O7S/c1-15(18-13-16(28-2)5-7-20(18)29-3)23-22(25)19-14-17(6-8-21(19)30-4)32(26,27)24-9-11-31-12-10-24/h5-8,13-15H,9-12H2,1-4H3,(H,23,25)/t15-/m0/s1. The molecule has 1 heterocycles. The predicted molar refractivity (Wildman–Crippen MR) is 118 cm³/mol. The zero-order valence-corrected chi connectivity index (χ0v) is 19.4. The van der Waals surface area contributed by atoms with Crippen LogP contribution in [0, 0.1) is 0 Å². The number of benzene rings is 2. The zero-order chi connectivity index (χ0) is 23.3. The Balaban J connectivity index is 1.90. The Morgan fingerprint density at radius 2 is 1.66 bits per heavy atom. The summed E-state index contributed by atoms with van der Waals surface area (Å²) < 4.78 is 48.6. The quantitative estimate of drug-likeness (QED) is 0.639. The van der Waals surface area contributed by atoms with E-state index < -0.39 is 22.0 Å². The maximum Gasteiger partial charge on any atom is 0.255 e. The number of carbonyl (C=O) groups excluding carboxylic acids is 1. The summed E-state index contributed by atoms with van der Waals surface area (Å²) in [5, 5.41) is 2.89. The molecular weight excluding hydrogens is 436 g/mol. The lowest BCUT2D eigenvalue weighted by atomic mass is 10.1. The summed E-state index contributed by atoms with van der Waals surface area (Å²) in [6.07, 6.45) is 0. The van der Waals surface area contributed by atoms with E-state index in [0.717, 1.165) is 5.56 Å². The highest BCUT2D eigenvalue weighted by molar-refractivity contribution is 7.89. The summed E-state index contributed by atoms with van der Waals surface area (Å²) in [5.41, 5.74) is 0.840. The van der Waals surface area contributed by atoms with Crippen LogP contribution in [0.1, 0.15) is 28.9 Å². The number of carbonyl (C=O) groups is 1. The van der Waals surface area contributed by atoms with E-state index in [-0.39, 0.29) is 29.3 Å². The molecule has 0 unspecified atom stereocenters. The van der Waals surface area contributed by atoms with Gasteiger partial charge in [0, 0.05) is 18.7 Å². The van der Waals surface area contributed by atoms with Gasteiger partial charge in [0.15, 0.2) is 0 Å². The first kappa shape index (κ1) is 23.8. The van der Waals surface area contributed by atoms with Crippen LogP contribution in [0.4, 0.5) is 0 Å². The van der Waals surface area contributed by atoms with Crippen molar-refractivity contribution in [3.05, 3.63) is 47.5 Å². The van der Waals surface area contributed by atoms with Crippen molar-refractivity contribution in [2.75, 3.05) is 47.6 Å². The summed E-state index contributed by atoms with van der Waals surface area (Å²) in [6, 6.07) is 9.12. The average molecular weight is 465 g/mol. The van der Waals surface area contributed by atoms with Gasteiger partial charge in [0.05, 0.1) is 51.0 Å². The average Bonchev–Trinajstić information content (AvgIpc) is 2.83. The Hall–Kier alpha value is -2.82. The van der Waals surface area contributed by atoms with Crippen LogP contribution in [0.5, 0.6) is 17.2 Å². The minimum atomic E-state index is -3.76. The molecule has 1 fully saturated rings. The molecule has 1 amide bonds. The van der Waals surface area contributed by atoms with Crippen molar-refractivity contribution in [2.24, 2.45) is 0 Å². The van der Waals surface area contributed by atoms with Crippen molar-refractivity contribution >= 4 is 15.9 Å². The molecule has 2 aromatic carbocycles. The Bertz CT molecular complexity index is 1070. The lowest BCUT2D eigenvalue weighted by Gasteiger charge is -2.26. The minimum Gasteiger partial charge on any atom is -0.497 e. The Morgan fingerprint density at radius 1 is 1.00 bits per heavy atom. The molecule has 3 rings (SSSR count). The second-order valence-electron chi connectivity index (χ2n) is 7.18. The maximum absolute atomic E-state index is 13.1. The molecule has 10 heteroatoms. The smallest absolute Gasteiger partial charge is 0.255 e. The van der Waals surface area contributed by atoms with Gasteiger partial charge in [0.25, 0.3) is 5.91 Å². The summed E-state index contributed by atoms with van der Waals surface area (Å²) in [5.74, 6) is 1.01. The van der Waals surface area contributed by atoms with Gasteiger partial charge < -0.3 is 24.3 Å². The van der Waals surface area contributed by atoms with Gasteiger partial charge in [-0.15, -0.1) is 0 Å². The number of sulfonamides is 1. The van der Waals surface area contributed by atoms with E-state index in [0.29, 0.717) is 24.7 Å². The van der Waals surface area contributed by atoms with Crippen molar-refractivity contribution in [3.63, 3.8) is 0 Å². The second kappa shape index (κ2) is 10.2. The lowest BCUT2D eigenvalue weighted by molar-refractivity contribution is 0.0730. The molecule has 0 spiro atoms. The molecule has 174 valence electrons. The highest BCUT2D eigenvalue weighted by Crippen LogP contribution is 2.30. The topological polar surface area (TPSA) is 103 Å². The van der Waals surface area contributed by atoms with Crippen LogP contribution >= 0.6 is 0 Å². The van der Waals surface area contributed by atoms with Crippen LogP contribution in [0.3, 0.4) is 0 Å². The molecule has 2 aromatic rings. The fourth-order valence-corrected chi connectivity index (χ4v) is 4.93. The Morgan fingerprint density at radius 3 is 2.28 bits per heavy atom. The van der Waals surface area contributed by atoms with E-state index in [2.05, 4.69) is 5.32 Å². The van der Waals surface area contributed by atoms with E-state index in [9.17, 15) is 13.2 Å². The van der Waals surface area contributed by atoms with Crippen LogP contribution in [0.25, 0.3) is 0 Å². The molecule has 0 saturated carbocycles. The first-order valence-corrected chi connectivity index (χ1v) is 11.5. The molecule has 1 aliphatic rings. The van der Waals surface area contributed by atoms with Crippen molar-refractivity contribution in [1.82, 2.24) is 9.62 Å². The van der Waals surface area contributed by atoms with Gasteiger partial charge in [-0.1, -0.05) is 0 Å². The highest BCUT2D eigenvalue weighted by atomic mass is 32.2.